The molecule has 2 fully saturated rings. The molecule has 1 saturated heterocycles. The van der Waals surface area contributed by atoms with E-state index in [0.29, 0.717) is 19.6 Å². The molecule has 1 aliphatic carbocycles. The molecule has 1 amide bonds. The summed E-state index contributed by atoms with van der Waals surface area (Å²) in [7, 11) is 0. The molecule has 3 aliphatic rings. The smallest absolute Gasteiger partial charge is 0.223 e. The Kier molecular flexibility index (Phi) is 3.87. The molecule has 3 N–H and O–H groups in total. The van der Waals surface area contributed by atoms with Crippen molar-refractivity contribution < 1.29 is 19.4 Å². The summed E-state index contributed by atoms with van der Waals surface area (Å²) in [5, 5.41) is 16.9. The van der Waals surface area contributed by atoms with E-state index in [0.717, 1.165) is 24.3 Å². The molecule has 0 radical (unpaired) electrons. The second-order valence-corrected chi connectivity index (χ2v) is 6.55. The molecule has 4 rings (SSSR count). The van der Waals surface area contributed by atoms with Crippen molar-refractivity contribution in [1.29, 1.82) is 0 Å². The third-order valence-corrected chi connectivity index (χ3v) is 5.07. The van der Waals surface area contributed by atoms with Crippen LogP contribution in [0.3, 0.4) is 0 Å². The van der Waals surface area contributed by atoms with Crippen LogP contribution in [0.2, 0.25) is 0 Å². The van der Waals surface area contributed by atoms with Gasteiger partial charge in [0.25, 0.3) is 0 Å². The minimum absolute atomic E-state index is 0.00958. The van der Waals surface area contributed by atoms with Gasteiger partial charge in [0.2, 0.25) is 5.91 Å². The van der Waals surface area contributed by atoms with Gasteiger partial charge in [-0.05, 0) is 25.0 Å². The second kappa shape index (κ2) is 6.02. The summed E-state index contributed by atoms with van der Waals surface area (Å²) in [5.41, 5.74) is 0.893. The zero-order chi connectivity index (χ0) is 15.8. The molecule has 6 nitrogen and oxygen atoms in total. The predicted octanol–water partition coefficient (Wildman–Crippen LogP) is 0.904. The van der Waals surface area contributed by atoms with Crippen LogP contribution in [0, 0.1) is 5.92 Å². The Morgan fingerprint density at radius 3 is 2.87 bits per heavy atom. The monoisotopic (exact) mass is 318 g/mol. The number of carbonyl (C=O) groups excluding carboxylic acids is 1. The molecule has 1 saturated carbocycles. The van der Waals surface area contributed by atoms with Gasteiger partial charge < -0.3 is 25.2 Å². The minimum Gasteiger partial charge on any atom is -0.486 e. The van der Waals surface area contributed by atoms with Crippen molar-refractivity contribution in [2.24, 2.45) is 5.92 Å². The number of aliphatic hydroxyl groups excluding tert-OH is 1. The lowest BCUT2D eigenvalue weighted by Gasteiger charge is -2.31. The molecule has 1 aromatic rings. The van der Waals surface area contributed by atoms with Gasteiger partial charge in [-0.2, -0.15) is 0 Å². The molecule has 2 aliphatic heterocycles. The van der Waals surface area contributed by atoms with Crippen LogP contribution in [0.4, 0.5) is 5.69 Å². The molecular weight excluding hydrogens is 296 g/mol. The number of carbonyl (C=O) groups is 1. The largest absolute Gasteiger partial charge is 0.486 e. The highest BCUT2D eigenvalue weighted by Crippen LogP contribution is 2.37. The number of nitrogens with one attached hydrogen (secondary N) is 2. The van der Waals surface area contributed by atoms with Gasteiger partial charge in [-0.25, -0.2) is 0 Å². The van der Waals surface area contributed by atoms with Gasteiger partial charge in [0.15, 0.2) is 0 Å². The van der Waals surface area contributed by atoms with E-state index >= 15 is 0 Å². The summed E-state index contributed by atoms with van der Waals surface area (Å²) in [4.78, 5) is 12.4. The van der Waals surface area contributed by atoms with Crippen LogP contribution in [0.15, 0.2) is 24.3 Å². The average molecular weight is 318 g/mol. The number of para-hydroxylation sites is 2. The van der Waals surface area contributed by atoms with E-state index in [4.69, 9.17) is 9.47 Å². The molecule has 23 heavy (non-hydrogen) atoms. The Morgan fingerprint density at radius 2 is 2.04 bits per heavy atom. The quantitative estimate of drug-likeness (QED) is 0.755. The normalized spacial score (nSPS) is 33.1. The third-order valence-electron chi connectivity index (χ3n) is 5.07. The molecule has 0 aromatic heterocycles. The van der Waals surface area contributed by atoms with Gasteiger partial charge in [0, 0.05) is 25.6 Å². The highest BCUT2D eigenvalue weighted by molar-refractivity contribution is 5.79. The van der Waals surface area contributed by atoms with Gasteiger partial charge in [0.1, 0.15) is 11.9 Å². The van der Waals surface area contributed by atoms with Gasteiger partial charge >= 0.3 is 0 Å². The maximum Gasteiger partial charge on any atom is 0.223 e. The molecule has 6 heteroatoms. The van der Waals surface area contributed by atoms with Gasteiger partial charge in [-0.3, -0.25) is 4.79 Å². The number of ether oxygens (including phenoxy) is 2. The first-order valence-corrected chi connectivity index (χ1v) is 8.31. The number of benzene rings is 1. The molecule has 0 spiro atoms. The van der Waals surface area contributed by atoms with E-state index in [1.165, 1.54) is 0 Å². The van der Waals surface area contributed by atoms with Crippen molar-refractivity contribution in [3.63, 3.8) is 0 Å². The first-order chi connectivity index (χ1) is 11.2. The van der Waals surface area contributed by atoms with Crippen LogP contribution in [-0.4, -0.2) is 48.5 Å². The maximum atomic E-state index is 12.4. The van der Waals surface area contributed by atoms with Crippen molar-refractivity contribution >= 4 is 11.6 Å². The SMILES string of the molecule is O=C(N[C@@H]1C[C@H]2Oc3ccccc3N[C@H]2[C@@H]1O)C1CCOCC1. The van der Waals surface area contributed by atoms with Crippen LogP contribution in [0.25, 0.3) is 0 Å². The summed E-state index contributed by atoms with van der Waals surface area (Å²) in [6.07, 6.45) is 1.34. The second-order valence-electron chi connectivity index (χ2n) is 6.55. The summed E-state index contributed by atoms with van der Waals surface area (Å²) in [6.45, 7) is 1.27. The Bertz CT molecular complexity index is 588. The number of fused-ring (bicyclic) bond motifs is 2. The van der Waals surface area contributed by atoms with E-state index in [9.17, 15) is 9.90 Å². The van der Waals surface area contributed by atoms with Crippen molar-refractivity contribution in [2.45, 2.75) is 43.6 Å². The zero-order valence-electron chi connectivity index (χ0n) is 12.9. The van der Waals surface area contributed by atoms with Crippen molar-refractivity contribution in [2.75, 3.05) is 18.5 Å². The fourth-order valence-corrected chi connectivity index (χ4v) is 3.74. The van der Waals surface area contributed by atoms with Gasteiger partial charge in [-0.1, -0.05) is 12.1 Å². The number of rotatable bonds is 2. The molecule has 0 unspecified atom stereocenters. The molecule has 0 bridgehead atoms. The van der Waals surface area contributed by atoms with Crippen LogP contribution >= 0.6 is 0 Å². The number of aliphatic hydroxyl groups is 1. The van der Waals surface area contributed by atoms with E-state index in [-0.39, 0.29) is 30.0 Å². The fourth-order valence-electron chi connectivity index (χ4n) is 3.74. The molecule has 124 valence electrons. The van der Waals surface area contributed by atoms with E-state index in [1.54, 1.807) is 0 Å². The maximum absolute atomic E-state index is 12.4. The number of hydrogen-bond acceptors (Lipinski definition) is 5. The van der Waals surface area contributed by atoms with Crippen LogP contribution in [-0.2, 0) is 9.53 Å². The lowest BCUT2D eigenvalue weighted by Crippen LogP contribution is -2.48. The predicted molar refractivity (Wildman–Crippen MR) is 84.4 cm³/mol. The first kappa shape index (κ1) is 14.8. The van der Waals surface area contributed by atoms with Crippen molar-refractivity contribution in [3.05, 3.63) is 24.3 Å². The van der Waals surface area contributed by atoms with Crippen LogP contribution in [0.5, 0.6) is 5.75 Å². The van der Waals surface area contributed by atoms with E-state index in [1.807, 2.05) is 24.3 Å². The van der Waals surface area contributed by atoms with Crippen LogP contribution in [0.1, 0.15) is 19.3 Å². The van der Waals surface area contributed by atoms with E-state index < -0.39 is 6.10 Å². The number of anilines is 1. The lowest BCUT2D eigenvalue weighted by atomic mass is 9.98. The van der Waals surface area contributed by atoms with Crippen molar-refractivity contribution in [1.82, 2.24) is 5.32 Å². The Hall–Kier alpha value is -1.79. The van der Waals surface area contributed by atoms with Crippen LogP contribution < -0.4 is 15.4 Å². The highest BCUT2D eigenvalue weighted by Gasteiger charge is 2.47. The van der Waals surface area contributed by atoms with E-state index in [2.05, 4.69) is 10.6 Å². The Morgan fingerprint density at radius 1 is 1.26 bits per heavy atom. The zero-order valence-corrected chi connectivity index (χ0v) is 12.9. The van der Waals surface area contributed by atoms with Gasteiger partial charge in [0.05, 0.1) is 23.9 Å². The molecular formula is C17H22N2O4. The lowest BCUT2D eigenvalue weighted by molar-refractivity contribution is -0.129. The fraction of sp³-hybridized carbons (Fsp3) is 0.588. The highest BCUT2D eigenvalue weighted by atomic mass is 16.5. The summed E-state index contributed by atoms with van der Waals surface area (Å²) in [6, 6.07) is 7.25. The topological polar surface area (TPSA) is 79.8 Å². The third kappa shape index (κ3) is 2.77. The number of hydrogen-bond donors (Lipinski definition) is 3. The Balaban J connectivity index is 1.42. The summed E-state index contributed by atoms with van der Waals surface area (Å²) < 4.78 is 11.3. The minimum atomic E-state index is -0.655. The molecule has 4 atom stereocenters. The summed E-state index contributed by atoms with van der Waals surface area (Å²) >= 11 is 0. The molecule has 1 aromatic carbocycles. The van der Waals surface area contributed by atoms with Crippen molar-refractivity contribution in [3.8, 4) is 5.75 Å². The summed E-state index contributed by atoms with van der Waals surface area (Å²) in [5.74, 6) is 0.815. The standard InChI is InChI=1S/C17H22N2O4/c20-16-12(19-17(21)10-5-7-22-8-6-10)9-14-15(16)18-11-3-1-2-4-13(11)23-14/h1-4,10,12,14-16,18,20H,5-9H2,(H,19,21)/t12-,14-,15-,16-/m1/s1. The number of amides is 1. The average Bonchev–Trinajstić information content (AvgIpc) is 2.89. The molecule has 2 heterocycles. The first-order valence-electron chi connectivity index (χ1n) is 8.31. The van der Waals surface area contributed by atoms with Gasteiger partial charge in [-0.15, -0.1) is 0 Å². The Labute approximate surface area is 135 Å².